The van der Waals surface area contributed by atoms with Crippen molar-refractivity contribution in [2.45, 2.75) is 31.9 Å². The number of benzene rings is 1. The maximum Gasteiger partial charge on any atom is 0.331 e. The smallest absolute Gasteiger partial charge is 0.331 e. The third-order valence-electron chi connectivity index (χ3n) is 3.07. The number of halogens is 1. The van der Waals surface area contributed by atoms with Crippen molar-refractivity contribution in [2.24, 2.45) is 0 Å². The van der Waals surface area contributed by atoms with E-state index in [0.29, 0.717) is 5.56 Å². The number of amides is 3. The summed E-state index contributed by atoms with van der Waals surface area (Å²) >= 11 is 0. The second-order valence-corrected chi connectivity index (χ2v) is 5.20. The quantitative estimate of drug-likeness (QED) is 0.639. The Morgan fingerprint density at radius 1 is 1.35 bits per heavy atom. The van der Waals surface area contributed by atoms with Crippen molar-refractivity contribution in [1.82, 2.24) is 10.6 Å². The number of nitrogens with one attached hydrogen (secondary N) is 2. The lowest BCUT2D eigenvalue weighted by atomic mass is 10.2. The molecule has 1 unspecified atom stereocenters. The molecule has 1 aliphatic carbocycles. The molecule has 1 aromatic carbocycles. The number of carbonyl (C=O) groups is 3. The normalized spacial score (nSPS) is 15.0. The number of esters is 1. The fourth-order valence-corrected chi connectivity index (χ4v) is 1.70. The van der Waals surface area contributed by atoms with Crippen LogP contribution in [0.25, 0.3) is 6.08 Å². The standard InChI is InChI=1S/C16H17FN2O4/c1-10(15(21)19-16(22)18-13-6-7-13)23-14(20)8-5-11-3-2-4-12(17)9-11/h2-5,8-10,13H,6-7H2,1H3,(H2,18,19,21,22)/b8-5+. The van der Waals surface area contributed by atoms with Crippen LogP contribution in [0.1, 0.15) is 25.3 Å². The number of rotatable bonds is 5. The van der Waals surface area contributed by atoms with Gasteiger partial charge in [0.15, 0.2) is 6.10 Å². The lowest BCUT2D eigenvalue weighted by molar-refractivity contribution is -0.149. The van der Waals surface area contributed by atoms with Crippen LogP contribution < -0.4 is 10.6 Å². The Hall–Kier alpha value is -2.70. The number of imide groups is 1. The first kappa shape index (κ1) is 16.7. The highest BCUT2D eigenvalue weighted by Crippen LogP contribution is 2.18. The van der Waals surface area contributed by atoms with Crippen LogP contribution >= 0.6 is 0 Å². The fourth-order valence-electron chi connectivity index (χ4n) is 1.70. The first-order valence-corrected chi connectivity index (χ1v) is 7.19. The van der Waals surface area contributed by atoms with Gasteiger partial charge in [-0.1, -0.05) is 12.1 Å². The molecular weight excluding hydrogens is 303 g/mol. The molecule has 1 aromatic rings. The van der Waals surface area contributed by atoms with Crippen LogP contribution in [0.5, 0.6) is 0 Å². The average Bonchev–Trinajstić information content (AvgIpc) is 3.28. The Balaban J connectivity index is 1.78. The number of carbonyl (C=O) groups excluding carboxylic acids is 3. The summed E-state index contributed by atoms with van der Waals surface area (Å²) in [5.41, 5.74) is 0.489. The van der Waals surface area contributed by atoms with Crippen LogP contribution in [0.3, 0.4) is 0 Å². The van der Waals surface area contributed by atoms with E-state index in [1.54, 1.807) is 6.07 Å². The summed E-state index contributed by atoms with van der Waals surface area (Å²) in [5.74, 6) is -1.90. The van der Waals surface area contributed by atoms with Crippen LogP contribution in [0.4, 0.5) is 9.18 Å². The zero-order valence-electron chi connectivity index (χ0n) is 12.5. The minimum atomic E-state index is -1.12. The van der Waals surface area contributed by atoms with Gasteiger partial charge in [-0.3, -0.25) is 10.1 Å². The maximum absolute atomic E-state index is 13.0. The Morgan fingerprint density at radius 2 is 2.09 bits per heavy atom. The Kier molecular flexibility index (Phi) is 5.46. The minimum Gasteiger partial charge on any atom is -0.449 e. The van der Waals surface area contributed by atoms with Gasteiger partial charge in [0.25, 0.3) is 5.91 Å². The number of ether oxygens (including phenoxy) is 1. The predicted molar refractivity (Wildman–Crippen MR) is 80.7 cm³/mol. The molecule has 3 amide bonds. The predicted octanol–water partition coefficient (Wildman–Crippen LogP) is 1.76. The Bertz CT molecular complexity index is 641. The molecule has 6 nitrogen and oxygen atoms in total. The van der Waals surface area contributed by atoms with Gasteiger partial charge in [-0.05, 0) is 43.5 Å². The summed E-state index contributed by atoms with van der Waals surface area (Å²) in [7, 11) is 0. The number of hydrogen-bond acceptors (Lipinski definition) is 4. The molecule has 0 saturated heterocycles. The van der Waals surface area contributed by atoms with Crippen molar-refractivity contribution in [3.8, 4) is 0 Å². The molecular formula is C16H17FN2O4. The Morgan fingerprint density at radius 3 is 2.74 bits per heavy atom. The third kappa shape index (κ3) is 5.90. The van der Waals surface area contributed by atoms with Crippen LogP contribution in [-0.4, -0.2) is 30.1 Å². The van der Waals surface area contributed by atoms with Gasteiger partial charge in [-0.2, -0.15) is 0 Å². The van der Waals surface area contributed by atoms with Crippen LogP contribution in [0, 0.1) is 5.82 Å². The topological polar surface area (TPSA) is 84.5 Å². The van der Waals surface area contributed by atoms with E-state index >= 15 is 0 Å². The molecule has 0 radical (unpaired) electrons. The zero-order valence-corrected chi connectivity index (χ0v) is 12.5. The van der Waals surface area contributed by atoms with E-state index in [0.717, 1.165) is 18.9 Å². The molecule has 0 bridgehead atoms. The highest BCUT2D eigenvalue weighted by atomic mass is 19.1. The van der Waals surface area contributed by atoms with Gasteiger partial charge >= 0.3 is 12.0 Å². The first-order chi connectivity index (χ1) is 10.9. The van der Waals surface area contributed by atoms with E-state index in [1.165, 1.54) is 31.2 Å². The summed E-state index contributed by atoms with van der Waals surface area (Å²) in [6.07, 6.45) is 3.14. The second-order valence-electron chi connectivity index (χ2n) is 5.20. The van der Waals surface area contributed by atoms with Crippen molar-refractivity contribution >= 4 is 24.0 Å². The summed E-state index contributed by atoms with van der Waals surface area (Å²) < 4.78 is 17.9. The highest BCUT2D eigenvalue weighted by Gasteiger charge is 2.25. The van der Waals surface area contributed by atoms with E-state index in [4.69, 9.17) is 4.74 Å². The molecule has 2 rings (SSSR count). The summed E-state index contributed by atoms with van der Waals surface area (Å²) in [5, 5.41) is 4.68. The molecule has 1 saturated carbocycles. The van der Waals surface area contributed by atoms with Crippen molar-refractivity contribution in [3.63, 3.8) is 0 Å². The summed E-state index contributed by atoms with van der Waals surface area (Å²) in [6, 6.07) is 5.18. The molecule has 1 fully saturated rings. The van der Waals surface area contributed by atoms with Gasteiger partial charge in [0.2, 0.25) is 0 Å². The van der Waals surface area contributed by atoms with Crippen molar-refractivity contribution < 1.29 is 23.5 Å². The molecule has 0 heterocycles. The first-order valence-electron chi connectivity index (χ1n) is 7.19. The van der Waals surface area contributed by atoms with Gasteiger partial charge in [-0.15, -0.1) is 0 Å². The van der Waals surface area contributed by atoms with Crippen LogP contribution in [-0.2, 0) is 14.3 Å². The molecule has 1 aliphatic rings. The zero-order chi connectivity index (χ0) is 16.8. The van der Waals surface area contributed by atoms with Gasteiger partial charge in [0.1, 0.15) is 5.82 Å². The molecule has 1 atom stereocenters. The highest BCUT2D eigenvalue weighted by molar-refractivity contribution is 5.98. The van der Waals surface area contributed by atoms with Crippen LogP contribution in [0.15, 0.2) is 30.3 Å². The third-order valence-corrected chi connectivity index (χ3v) is 3.07. The van der Waals surface area contributed by atoms with Crippen molar-refractivity contribution in [1.29, 1.82) is 0 Å². The van der Waals surface area contributed by atoms with Gasteiger partial charge in [-0.25, -0.2) is 14.0 Å². The number of hydrogen-bond donors (Lipinski definition) is 2. The monoisotopic (exact) mass is 320 g/mol. The van der Waals surface area contributed by atoms with E-state index in [1.807, 2.05) is 0 Å². The largest absolute Gasteiger partial charge is 0.449 e. The average molecular weight is 320 g/mol. The molecule has 23 heavy (non-hydrogen) atoms. The SMILES string of the molecule is CC(OC(=O)/C=C/c1cccc(F)c1)C(=O)NC(=O)NC1CC1. The van der Waals surface area contributed by atoms with Gasteiger partial charge < -0.3 is 10.1 Å². The second kappa shape index (κ2) is 7.53. The van der Waals surface area contributed by atoms with Gasteiger partial charge in [0, 0.05) is 12.1 Å². The van der Waals surface area contributed by atoms with E-state index < -0.39 is 29.8 Å². The number of urea groups is 1. The molecule has 122 valence electrons. The van der Waals surface area contributed by atoms with Gasteiger partial charge in [0.05, 0.1) is 0 Å². The van der Waals surface area contributed by atoms with Crippen molar-refractivity contribution in [3.05, 3.63) is 41.7 Å². The van der Waals surface area contributed by atoms with E-state index in [-0.39, 0.29) is 6.04 Å². The molecule has 0 spiro atoms. The van der Waals surface area contributed by atoms with Crippen LogP contribution in [0.2, 0.25) is 0 Å². The molecule has 0 aliphatic heterocycles. The fraction of sp³-hybridized carbons (Fsp3) is 0.312. The van der Waals surface area contributed by atoms with Crippen molar-refractivity contribution in [2.75, 3.05) is 0 Å². The minimum absolute atomic E-state index is 0.120. The van der Waals surface area contributed by atoms with E-state index in [9.17, 15) is 18.8 Å². The summed E-state index contributed by atoms with van der Waals surface area (Å²) in [4.78, 5) is 34.7. The lowest BCUT2D eigenvalue weighted by Crippen LogP contribution is -2.45. The molecule has 0 aromatic heterocycles. The lowest BCUT2D eigenvalue weighted by Gasteiger charge is -2.11. The van der Waals surface area contributed by atoms with E-state index in [2.05, 4.69) is 10.6 Å². The Labute approximate surface area is 132 Å². The maximum atomic E-state index is 13.0. The molecule has 7 heteroatoms. The summed E-state index contributed by atoms with van der Waals surface area (Å²) in [6.45, 7) is 1.35. The molecule has 2 N–H and O–H groups in total.